The van der Waals surface area contributed by atoms with Gasteiger partial charge in [-0.1, -0.05) is 12.1 Å². The zero-order valence-electron chi connectivity index (χ0n) is 10.7. The molecule has 0 aliphatic carbocycles. The second-order valence-electron chi connectivity index (χ2n) is 4.72. The van der Waals surface area contributed by atoms with Crippen molar-refractivity contribution in [3.63, 3.8) is 0 Å². The third-order valence-electron chi connectivity index (χ3n) is 3.11. The van der Waals surface area contributed by atoms with Crippen molar-refractivity contribution in [1.29, 1.82) is 0 Å². The van der Waals surface area contributed by atoms with Crippen LogP contribution in [0.5, 0.6) is 5.75 Å². The summed E-state index contributed by atoms with van der Waals surface area (Å²) in [5, 5.41) is 0. The number of likely N-dealkylation sites (N-methyl/N-ethyl adjacent to an activating group) is 1. The highest BCUT2D eigenvalue weighted by Gasteiger charge is 2.21. The average Bonchev–Trinajstić information content (AvgIpc) is 2.30. The predicted octanol–water partition coefficient (Wildman–Crippen LogP) is 1.86. The summed E-state index contributed by atoms with van der Waals surface area (Å²) in [6.45, 7) is 5.85. The quantitative estimate of drug-likeness (QED) is 0.826. The molecule has 0 unspecified atom stereocenters. The van der Waals surface area contributed by atoms with E-state index in [0.717, 1.165) is 12.3 Å². The van der Waals surface area contributed by atoms with Crippen LogP contribution >= 0.6 is 0 Å². The van der Waals surface area contributed by atoms with E-state index < -0.39 is 0 Å². The maximum Gasteiger partial charge on any atom is 0.118 e. The second kappa shape index (κ2) is 5.32. The molecule has 0 aliphatic heterocycles. The minimum atomic E-state index is 0.0277. The Kier molecular flexibility index (Phi) is 4.33. The van der Waals surface area contributed by atoms with E-state index in [1.807, 2.05) is 12.1 Å². The third kappa shape index (κ3) is 3.22. The van der Waals surface area contributed by atoms with Gasteiger partial charge in [-0.25, -0.2) is 0 Å². The second-order valence-corrected chi connectivity index (χ2v) is 4.72. The smallest absolute Gasteiger partial charge is 0.118 e. The van der Waals surface area contributed by atoms with Gasteiger partial charge in [-0.3, -0.25) is 4.90 Å². The van der Waals surface area contributed by atoms with Crippen molar-refractivity contribution in [3.05, 3.63) is 29.8 Å². The van der Waals surface area contributed by atoms with Gasteiger partial charge in [0.15, 0.2) is 0 Å². The molecule has 90 valence electrons. The number of rotatable bonds is 5. The lowest BCUT2D eigenvalue weighted by Crippen LogP contribution is -2.46. The summed E-state index contributed by atoms with van der Waals surface area (Å²) < 4.78 is 5.13. The number of nitrogens with zero attached hydrogens (tertiary/aromatic N) is 1. The molecule has 0 radical (unpaired) electrons. The van der Waals surface area contributed by atoms with Crippen LogP contribution in [0.3, 0.4) is 0 Å². The van der Waals surface area contributed by atoms with E-state index in [2.05, 4.69) is 37.9 Å². The lowest BCUT2D eigenvalue weighted by atomic mass is 10.0. The first-order chi connectivity index (χ1) is 7.49. The van der Waals surface area contributed by atoms with Gasteiger partial charge in [0, 0.05) is 18.6 Å². The summed E-state index contributed by atoms with van der Waals surface area (Å²) in [5.41, 5.74) is 7.04. The van der Waals surface area contributed by atoms with Gasteiger partial charge in [0.05, 0.1) is 7.11 Å². The number of nitrogens with two attached hydrogens (primary N) is 1. The Labute approximate surface area is 98.2 Å². The molecule has 0 amide bonds. The fraction of sp³-hybridized carbons (Fsp3) is 0.538. The minimum absolute atomic E-state index is 0.0277. The number of methoxy groups -OCH3 is 1. The number of hydrogen-bond acceptors (Lipinski definition) is 3. The van der Waals surface area contributed by atoms with E-state index >= 15 is 0 Å². The fourth-order valence-electron chi connectivity index (χ4n) is 1.37. The highest BCUT2D eigenvalue weighted by Crippen LogP contribution is 2.17. The highest BCUT2D eigenvalue weighted by molar-refractivity contribution is 5.27. The van der Waals surface area contributed by atoms with E-state index in [1.54, 1.807) is 7.11 Å². The molecular formula is C13H22N2O. The van der Waals surface area contributed by atoms with Gasteiger partial charge in [-0.05, 0) is 38.6 Å². The van der Waals surface area contributed by atoms with Gasteiger partial charge in [0.2, 0.25) is 0 Å². The standard InChI is InChI=1S/C13H22N2O/c1-13(2,10-14)15(3)9-11-5-7-12(16-4)8-6-11/h5-8H,9-10,14H2,1-4H3. The molecule has 1 aromatic carbocycles. The first kappa shape index (κ1) is 13.0. The lowest BCUT2D eigenvalue weighted by Gasteiger charge is -2.34. The first-order valence-corrected chi connectivity index (χ1v) is 5.54. The summed E-state index contributed by atoms with van der Waals surface area (Å²) in [4.78, 5) is 2.26. The number of hydrogen-bond donors (Lipinski definition) is 1. The normalized spacial score (nSPS) is 11.9. The predicted molar refractivity (Wildman–Crippen MR) is 67.6 cm³/mol. The molecule has 1 aromatic rings. The molecular weight excluding hydrogens is 200 g/mol. The maximum atomic E-state index is 5.74. The van der Waals surface area contributed by atoms with Crippen molar-refractivity contribution < 1.29 is 4.74 Å². The Balaban J connectivity index is 2.66. The molecule has 0 atom stereocenters. The number of ether oxygens (including phenoxy) is 1. The van der Waals surface area contributed by atoms with Crippen LogP contribution in [-0.4, -0.2) is 31.1 Å². The Morgan fingerprint density at radius 3 is 2.25 bits per heavy atom. The largest absolute Gasteiger partial charge is 0.497 e. The Morgan fingerprint density at radius 1 is 1.25 bits per heavy atom. The molecule has 0 bridgehead atoms. The Morgan fingerprint density at radius 2 is 1.81 bits per heavy atom. The molecule has 1 rings (SSSR count). The van der Waals surface area contributed by atoms with Gasteiger partial charge >= 0.3 is 0 Å². The van der Waals surface area contributed by atoms with Crippen LogP contribution in [0.25, 0.3) is 0 Å². The molecule has 0 saturated heterocycles. The van der Waals surface area contributed by atoms with Crippen LogP contribution in [0.2, 0.25) is 0 Å². The van der Waals surface area contributed by atoms with Crippen molar-refractivity contribution >= 4 is 0 Å². The van der Waals surface area contributed by atoms with E-state index in [4.69, 9.17) is 10.5 Å². The molecule has 2 N–H and O–H groups in total. The summed E-state index contributed by atoms with van der Waals surface area (Å²) >= 11 is 0. The van der Waals surface area contributed by atoms with Crippen molar-refractivity contribution in [2.75, 3.05) is 20.7 Å². The zero-order valence-corrected chi connectivity index (χ0v) is 10.7. The summed E-state index contributed by atoms with van der Waals surface area (Å²) in [6, 6.07) is 8.14. The first-order valence-electron chi connectivity index (χ1n) is 5.54. The molecule has 0 aliphatic rings. The van der Waals surface area contributed by atoms with Gasteiger partial charge in [0.25, 0.3) is 0 Å². The SMILES string of the molecule is COc1ccc(CN(C)C(C)(C)CN)cc1. The van der Waals surface area contributed by atoms with Crippen LogP contribution in [0, 0.1) is 0 Å². The van der Waals surface area contributed by atoms with Crippen LogP contribution in [-0.2, 0) is 6.54 Å². The zero-order chi connectivity index (χ0) is 12.2. The van der Waals surface area contributed by atoms with E-state index in [0.29, 0.717) is 6.54 Å². The van der Waals surface area contributed by atoms with E-state index in [-0.39, 0.29) is 5.54 Å². The molecule has 0 heterocycles. The molecule has 0 aromatic heterocycles. The van der Waals surface area contributed by atoms with E-state index in [9.17, 15) is 0 Å². The fourth-order valence-corrected chi connectivity index (χ4v) is 1.37. The van der Waals surface area contributed by atoms with Gasteiger partial charge in [-0.2, -0.15) is 0 Å². The lowest BCUT2D eigenvalue weighted by molar-refractivity contribution is 0.155. The van der Waals surface area contributed by atoms with Gasteiger partial charge in [-0.15, -0.1) is 0 Å². The summed E-state index contributed by atoms with van der Waals surface area (Å²) in [7, 11) is 3.77. The van der Waals surface area contributed by atoms with Crippen molar-refractivity contribution in [1.82, 2.24) is 4.90 Å². The minimum Gasteiger partial charge on any atom is -0.497 e. The van der Waals surface area contributed by atoms with Crippen molar-refractivity contribution in [2.45, 2.75) is 25.9 Å². The van der Waals surface area contributed by atoms with Crippen LogP contribution in [0.1, 0.15) is 19.4 Å². The average molecular weight is 222 g/mol. The van der Waals surface area contributed by atoms with E-state index in [1.165, 1.54) is 5.56 Å². The maximum absolute atomic E-state index is 5.74. The molecule has 3 heteroatoms. The third-order valence-corrected chi connectivity index (χ3v) is 3.11. The highest BCUT2D eigenvalue weighted by atomic mass is 16.5. The van der Waals surface area contributed by atoms with Crippen LogP contribution < -0.4 is 10.5 Å². The van der Waals surface area contributed by atoms with Crippen molar-refractivity contribution in [3.8, 4) is 5.75 Å². The van der Waals surface area contributed by atoms with Crippen molar-refractivity contribution in [2.24, 2.45) is 5.73 Å². The van der Waals surface area contributed by atoms with Gasteiger partial charge in [0.1, 0.15) is 5.75 Å². The molecule has 0 fully saturated rings. The Hall–Kier alpha value is -1.06. The monoisotopic (exact) mass is 222 g/mol. The molecule has 16 heavy (non-hydrogen) atoms. The number of benzene rings is 1. The van der Waals surface area contributed by atoms with Crippen LogP contribution in [0.4, 0.5) is 0 Å². The Bertz CT molecular complexity index is 319. The summed E-state index contributed by atoms with van der Waals surface area (Å²) in [6.07, 6.45) is 0. The molecule has 0 saturated carbocycles. The summed E-state index contributed by atoms with van der Waals surface area (Å²) in [5.74, 6) is 0.893. The van der Waals surface area contributed by atoms with Gasteiger partial charge < -0.3 is 10.5 Å². The molecule has 0 spiro atoms. The van der Waals surface area contributed by atoms with Crippen LogP contribution in [0.15, 0.2) is 24.3 Å². The topological polar surface area (TPSA) is 38.5 Å². The molecule has 3 nitrogen and oxygen atoms in total.